The van der Waals surface area contributed by atoms with Crippen LogP contribution in [0.5, 0.6) is 0 Å². The van der Waals surface area contributed by atoms with E-state index < -0.39 is 10.8 Å². The molecule has 5 heteroatoms. The van der Waals surface area contributed by atoms with Crippen LogP contribution in [0.15, 0.2) is 12.3 Å². The maximum absolute atomic E-state index is 11.4. The second-order valence-electron chi connectivity index (χ2n) is 5.84. The predicted octanol–water partition coefficient (Wildman–Crippen LogP) is 1.70. The molecule has 1 N–H and O–H groups in total. The summed E-state index contributed by atoms with van der Waals surface area (Å²) in [6.45, 7) is 10.1. The Morgan fingerprint density at radius 3 is 2.70 bits per heavy atom. The molecule has 1 aromatic rings. The molecule has 0 aliphatic carbocycles. The maximum Gasteiger partial charge on any atom is 0.131 e. The molecule has 20 heavy (non-hydrogen) atoms. The number of anilines is 1. The zero-order chi connectivity index (χ0) is 14.5. The Hall–Kier alpha value is -0.940. The van der Waals surface area contributed by atoms with Crippen molar-refractivity contribution >= 4 is 16.6 Å². The van der Waals surface area contributed by atoms with E-state index in [0.717, 1.165) is 43.5 Å². The summed E-state index contributed by atoms with van der Waals surface area (Å²) in [6, 6.07) is 2.21. The van der Waals surface area contributed by atoms with Crippen LogP contribution < -0.4 is 10.2 Å². The van der Waals surface area contributed by atoms with Gasteiger partial charge in [0.25, 0.3) is 0 Å². The van der Waals surface area contributed by atoms with Gasteiger partial charge in [0.15, 0.2) is 0 Å². The van der Waals surface area contributed by atoms with Gasteiger partial charge in [-0.25, -0.2) is 4.98 Å². The molecule has 0 saturated carbocycles. The third kappa shape index (κ3) is 4.28. The van der Waals surface area contributed by atoms with Crippen LogP contribution in [0.1, 0.15) is 25.0 Å². The Labute approximate surface area is 124 Å². The molecule has 1 fully saturated rings. The molecule has 2 rings (SSSR count). The van der Waals surface area contributed by atoms with Gasteiger partial charge in [-0.1, -0.05) is 13.8 Å². The lowest BCUT2D eigenvalue weighted by Gasteiger charge is -2.28. The standard InChI is InChI=1S/C15H25N3OS/c1-12(2)9-16-10-14-8-13(3)15(17-11-14)18-4-6-20(19)7-5-18/h8,11-12,16H,4-7,9-10H2,1-3H3. The van der Waals surface area contributed by atoms with Crippen LogP contribution in [0, 0.1) is 12.8 Å². The van der Waals surface area contributed by atoms with Gasteiger partial charge in [0.2, 0.25) is 0 Å². The molecule has 112 valence electrons. The van der Waals surface area contributed by atoms with Gasteiger partial charge < -0.3 is 10.2 Å². The van der Waals surface area contributed by atoms with E-state index in [1.165, 1.54) is 11.1 Å². The highest BCUT2D eigenvalue weighted by atomic mass is 32.2. The lowest BCUT2D eigenvalue weighted by Crippen LogP contribution is -2.38. The van der Waals surface area contributed by atoms with Crippen LogP contribution in [0.2, 0.25) is 0 Å². The smallest absolute Gasteiger partial charge is 0.131 e. The Morgan fingerprint density at radius 2 is 2.10 bits per heavy atom. The van der Waals surface area contributed by atoms with Crippen LogP contribution in [-0.2, 0) is 17.3 Å². The highest BCUT2D eigenvalue weighted by Crippen LogP contribution is 2.19. The first-order chi connectivity index (χ1) is 9.56. The Morgan fingerprint density at radius 1 is 1.40 bits per heavy atom. The van der Waals surface area contributed by atoms with Crippen LogP contribution in [0.3, 0.4) is 0 Å². The third-order valence-corrected chi connectivity index (χ3v) is 4.74. The largest absolute Gasteiger partial charge is 0.355 e. The summed E-state index contributed by atoms with van der Waals surface area (Å²) in [7, 11) is -0.634. The molecular weight excluding hydrogens is 270 g/mol. The lowest BCUT2D eigenvalue weighted by molar-refractivity contribution is 0.551. The molecule has 1 saturated heterocycles. The summed E-state index contributed by atoms with van der Waals surface area (Å²) >= 11 is 0. The van der Waals surface area contributed by atoms with Crippen molar-refractivity contribution in [3.8, 4) is 0 Å². The Bertz CT molecular complexity index is 466. The fourth-order valence-corrected chi connectivity index (χ4v) is 3.46. The first kappa shape index (κ1) is 15.4. The average molecular weight is 295 g/mol. The van der Waals surface area contributed by atoms with Crippen molar-refractivity contribution in [3.63, 3.8) is 0 Å². The van der Waals surface area contributed by atoms with E-state index in [0.29, 0.717) is 5.92 Å². The van der Waals surface area contributed by atoms with Crippen LogP contribution >= 0.6 is 0 Å². The van der Waals surface area contributed by atoms with Crippen molar-refractivity contribution in [2.45, 2.75) is 27.3 Å². The normalized spacial score (nSPS) is 16.9. The molecule has 1 aromatic heterocycles. The first-order valence-corrected chi connectivity index (χ1v) is 8.81. The SMILES string of the molecule is Cc1cc(CNCC(C)C)cnc1N1CCS(=O)CC1. The van der Waals surface area contributed by atoms with E-state index in [1.54, 1.807) is 0 Å². The molecule has 0 amide bonds. The molecule has 0 unspecified atom stereocenters. The van der Waals surface area contributed by atoms with Crippen LogP contribution in [0.4, 0.5) is 5.82 Å². The molecule has 0 atom stereocenters. The number of hydrogen-bond acceptors (Lipinski definition) is 4. The monoisotopic (exact) mass is 295 g/mol. The fourth-order valence-electron chi connectivity index (χ4n) is 2.41. The molecule has 1 aliphatic heterocycles. The number of rotatable bonds is 5. The minimum absolute atomic E-state index is 0.634. The number of aromatic nitrogens is 1. The molecule has 0 aromatic carbocycles. The molecule has 0 spiro atoms. The molecular formula is C15H25N3OS. The first-order valence-electron chi connectivity index (χ1n) is 7.32. The predicted molar refractivity (Wildman–Crippen MR) is 85.6 cm³/mol. The summed E-state index contributed by atoms with van der Waals surface area (Å²) in [5.74, 6) is 3.24. The van der Waals surface area contributed by atoms with E-state index in [4.69, 9.17) is 0 Å². The Kier molecular flexibility index (Phi) is 5.54. The summed E-state index contributed by atoms with van der Waals surface area (Å²) in [4.78, 5) is 6.86. The van der Waals surface area contributed by atoms with Gasteiger partial charge in [-0.2, -0.15) is 0 Å². The average Bonchev–Trinajstić information content (AvgIpc) is 2.40. The molecule has 1 aliphatic rings. The van der Waals surface area contributed by atoms with Gasteiger partial charge >= 0.3 is 0 Å². The molecule has 2 heterocycles. The summed E-state index contributed by atoms with van der Waals surface area (Å²) < 4.78 is 11.4. The van der Waals surface area contributed by atoms with Gasteiger partial charge in [-0.3, -0.25) is 4.21 Å². The number of pyridine rings is 1. The Balaban J connectivity index is 1.97. The van der Waals surface area contributed by atoms with Crippen molar-refractivity contribution in [2.75, 3.05) is 36.0 Å². The highest BCUT2D eigenvalue weighted by Gasteiger charge is 2.18. The topological polar surface area (TPSA) is 45.2 Å². The number of aryl methyl sites for hydroxylation is 1. The fraction of sp³-hybridized carbons (Fsp3) is 0.667. The van der Waals surface area contributed by atoms with Gasteiger partial charge in [0.05, 0.1) is 0 Å². The minimum Gasteiger partial charge on any atom is -0.355 e. The van der Waals surface area contributed by atoms with Gasteiger partial charge in [-0.05, 0) is 36.6 Å². The number of hydrogen-bond donors (Lipinski definition) is 1. The van der Waals surface area contributed by atoms with Crippen molar-refractivity contribution in [1.82, 2.24) is 10.3 Å². The number of nitrogens with one attached hydrogen (secondary N) is 1. The van der Waals surface area contributed by atoms with E-state index >= 15 is 0 Å². The zero-order valence-electron chi connectivity index (χ0n) is 12.7. The quantitative estimate of drug-likeness (QED) is 0.898. The van der Waals surface area contributed by atoms with Gasteiger partial charge in [0.1, 0.15) is 5.82 Å². The van der Waals surface area contributed by atoms with Crippen molar-refractivity contribution in [1.29, 1.82) is 0 Å². The van der Waals surface area contributed by atoms with Crippen molar-refractivity contribution in [2.24, 2.45) is 5.92 Å². The van der Waals surface area contributed by atoms with Crippen molar-refractivity contribution < 1.29 is 4.21 Å². The van der Waals surface area contributed by atoms with E-state index in [9.17, 15) is 4.21 Å². The lowest BCUT2D eigenvalue weighted by atomic mass is 10.1. The summed E-state index contributed by atoms with van der Waals surface area (Å²) in [5.41, 5.74) is 2.44. The van der Waals surface area contributed by atoms with Crippen LogP contribution in [0.25, 0.3) is 0 Å². The van der Waals surface area contributed by atoms with Crippen LogP contribution in [-0.4, -0.2) is 40.3 Å². The maximum atomic E-state index is 11.4. The van der Waals surface area contributed by atoms with Crippen molar-refractivity contribution in [3.05, 3.63) is 23.4 Å². The molecule has 4 nitrogen and oxygen atoms in total. The van der Waals surface area contributed by atoms with E-state index in [-0.39, 0.29) is 0 Å². The third-order valence-electron chi connectivity index (χ3n) is 3.47. The van der Waals surface area contributed by atoms with E-state index in [2.05, 4.69) is 42.0 Å². The molecule has 0 bridgehead atoms. The summed E-state index contributed by atoms with van der Waals surface area (Å²) in [5, 5.41) is 3.44. The summed E-state index contributed by atoms with van der Waals surface area (Å²) in [6.07, 6.45) is 1.96. The zero-order valence-corrected chi connectivity index (χ0v) is 13.5. The number of nitrogens with zero attached hydrogens (tertiary/aromatic N) is 2. The second kappa shape index (κ2) is 7.18. The minimum atomic E-state index is -0.634. The molecule has 0 radical (unpaired) electrons. The highest BCUT2D eigenvalue weighted by molar-refractivity contribution is 7.85. The van der Waals surface area contributed by atoms with Gasteiger partial charge in [0, 0.05) is 48.1 Å². The van der Waals surface area contributed by atoms with Gasteiger partial charge in [-0.15, -0.1) is 0 Å². The van der Waals surface area contributed by atoms with E-state index in [1.807, 2.05) is 6.20 Å². The second-order valence-corrected chi connectivity index (χ2v) is 7.54.